The van der Waals surface area contributed by atoms with Crippen LogP contribution in [0.3, 0.4) is 0 Å². The first-order valence-corrected chi connectivity index (χ1v) is 13.4. The third-order valence-corrected chi connectivity index (χ3v) is 8.26. The maximum atomic E-state index is 13.0. The smallest absolute Gasteiger partial charge is 0.228 e. The Bertz CT molecular complexity index is 1250. The zero-order chi connectivity index (χ0) is 24.1. The number of halogens is 2. The quantitative estimate of drug-likeness (QED) is 0.469. The molecule has 9 heteroatoms. The summed E-state index contributed by atoms with van der Waals surface area (Å²) in [6, 6.07) is 16.4. The van der Waals surface area contributed by atoms with Crippen LogP contribution in [0.4, 0.5) is 5.69 Å². The van der Waals surface area contributed by atoms with Gasteiger partial charge in [0.1, 0.15) is 0 Å². The first-order chi connectivity index (χ1) is 16.3. The number of amides is 1. The summed E-state index contributed by atoms with van der Waals surface area (Å²) in [6.07, 6.45) is 5.57. The van der Waals surface area contributed by atoms with Gasteiger partial charge in [0.05, 0.1) is 11.7 Å². The molecular weight excluding hydrogens is 493 g/mol. The lowest BCUT2D eigenvalue weighted by atomic mass is 9.98. The van der Waals surface area contributed by atoms with Gasteiger partial charge in [-0.2, -0.15) is 0 Å². The van der Waals surface area contributed by atoms with E-state index in [9.17, 15) is 13.2 Å². The number of benzene rings is 2. The van der Waals surface area contributed by atoms with Crippen LogP contribution < -0.4 is 5.32 Å². The average molecular weight is 518 g/mol. The molecule has 1 aliphatic heterocycles. The molecular formula is C25H25Cl2N3O3S. The second-order valence-electron chi connectivity index (χ2n) is 8.41. The highest BCUT2D eigenvalue weighted by atomic mass is 35.5. The van der Waals surface area contributed by atoms with E-state index in [4.69, 9.17) is 23.2 Å². The van der Waals surface area contributed by atoms with Gasteiger partial charge in [-0.25, -0.2) is 12.7 Å². The van der Waals surface area contributed by atoms with Crippen LogP contribution in [0.5, 0.6) is 0 Å². The Morgan fingerprint density at radius 3 is 2.44 bits per heavy atom. The standard InChI is InChI=1S/C25H25Cl2N3O3S/c26-22-6-5-21(24(27)15-22)17-34(32,33)30-13-1-2-20(16-30)25(31)29-23-7-3-18(4-8-23)14-19-9-11-28-12-10-19/h3-12,15,20H,1-2,13-14,16-17H2,(H,29,31)/t20-/m0/s1. The summed E-state index contributed by atoms with van der Waals surface area (Å²) < 4.78 is 27.4. The van der Waals surface area contributed by atoms with Gasteiger partial charge in [-0.15, -0.1) is 0 Å². The molecule has 1 aromatic heterocycles. The van der Waals surface area contributed by atoms with Crippen LogP contribution in [0, 0.1) is 5.92 Å². The molecule has 1 amide bonds. The summed E-state index contributed by atoms with van der Waals surface area (Å²) in [7, 11) is -3.63. The van der Waals surface area contributed by atoms with Crippen LogP contribution >= 0.6 is 23.2 Å². The van der Waals surface area contributed by atoms with Crippen molar-refractivity contribution in [3.63, 3.8) is 0 Å². The van der Waals surface area contributed by atoms with Gasteiger partial charge in [0.2, 0.25) is 15.9 Å². The van der Waals surface area contributed by atoms with Crippen molar-refractivity contribution in [3.05, 3.63) is 93.7 Å². The second kappa shape index (κ2) is 10.9. The zero-order valence-corrected chi connectivity index (χ0v) is 20.8. The Kier molecular flexibility index (Phi) is 7.88. The van der Waals surface area contributed by atoms with E-state index in [-0.39, 0.29) is 18.2 Å². The third-order valence-electron chi connectivity index (χ3n) is 5.88. The maximum Gasteiger partial charge on any atom is 0.228 e. The number of nitrogens with one attached hydrogen (secondary N) is 1. The minimum Gasteiger partial charge on any atom is -0.326 e. The monoisotopic (exact) mass is 517 g/mol. The Morgan fingerprint density at radius 2 is 1.74 bits per heavy atom. The molecule has 6 nitrogen and oxygen atoms in total. The van der Waals surface area contributed by atoms with Crippen molar-refractivity contribution >= 4 is 44.8 Å². The summed E-state index contributed by atoms with van der Waals surface area (Å²) in [4.78, 5) is 16.9. The molecule has 1 saturated heterocycles. The lowest BCUT2D eigenvalue weighted by Crippen LogP contribution is -2.44. The summed E-state index contributed by atoms with van der Waals surface area (Å²) in [5.74, 6) is -0.817. The number of carbonyl (C=O) groups is 1. The van der Waals surface area contributed by atoms with Crippen LogP contribution in [-0.2, 0) is 27.0 Å². The maximum absolute atomic E-state index is 13.0. The largest absolute Gasteiger partial charge is 0.326 e. The number of piperidine rings is 1. The molecule has 178 valence electrons. The molecule has 0 radical (unpaired) electrons. The molecule has 2 heterocycles. The molecule has 1 N–H and O–H groups in total. The lowest BCUT2D eigenvalue weighted by Gasteiger charge is -2.31. The van der Waals surface area contributed by atoms with E-state index in [2.05, 4.69) is 10.3 Å². The van der Waals surface area contributed by atoms with Crippen molar-refractivity contribution in [1.29, 1.82) is 0 Å². The Balaban J connectivity index is 1.36. The van der Waals surface area contributed by atoms with E-state index >= 15 is 0 Å². The molecule has 2 aromatic carbocycles. The predicted octanol–water partition coefficient (Wildman–Crippen LogP) is 5.16. The summed E-state index contributed by atoms with van der Waals surface area (Å²) >= 11 is 12.1. The fourth-order valence-electron chi connectivity index (χ4n) is 4.02. The highest BCUT2D eigenvalue weighted by molar-refractivity contribution is 7.88. The van der Waals surface area contributed by atoms with E-state index in [0.29, 0.717) is 40.7 Å². The number of aromatic nitrogens is 1. The first-order valence-electron chi connectivity index (χ1n) is 11.0. The lowest BCUT2D eigenvalue weighted by molar-refractivity contribution is -0.120. The van der Waals surface area contributed by atoms with Crippen LogP contribution in [0.1, 0.15) is 29.5 Å². The van der Waals surface area contributed by atoms with Gasteiger partial charge in [-0.1, -0.05) is 41.4 Å². The van der Waals surface area contributed by atoms with Gasteiger partial charge in [0.25, 0.3) is 0 Å². The fourth-order valence-corrected chi connectivity index (χ4v) is 6.22. The molecule has 1 atom stereocenters. The summed E-state index contributed by atoms with van der Waals surface area (Å²) in [5, 5.41) is 3.70. The van der Waals surface area contributed by atoms with Crippen molar-refractivity contribution in [1.82, 2.24) is 9.29 Å². The highest BCUT2D eigenvalue weighted by Gasteiger charge is 2.32. The number of hydrogen-bond acceptors (Lipinski definition) is 4. The Morgan fingerprint density at radius 1 is 1.03 bits per heavy atom. The predicted molar refractivity (Wildman–Crippen MR) is 135 cm³/mol. The molecule has 4 rings (SSSR count). The zero-order valence-electron chi connectivity index (χ0n) is 18.5. The van der Waals surface area contributed by atoms with Crippen molar-refractivity contribution in [2.45, 2.75) is 25.0 Å². The number of rotatable bonds is 7. The summed E-state index contributed by atoms with van der Waals surface area (Å²) in [6.45, 7) is 0.542. The van der Waals surface area contributed by atoms with Gasteiger partial charge in [0, 0.05) is 41.2 Å². The van der Waals surface area contributed by atoms with Gasteiger partial charge in [-0.3, -0.25) is 9.78 Å². The topological polar surface area (TPSA) is 79.4 Å². The second-order valence-corrected chi connectivity index (χ2v) is 11.2. The van der Waals surface area contributed by atoms with E-state index < -0.39 is 15.9 Å². The van der Waals surface area contributed by atoms with Crippen molar-refractivity contribution in [2.24, 2.45) is 5.92 Å². The van der Waals surface area contributed by atoms with Crippen LogP contribution in [-0.4, -0.2) is 36.7 Å². The minimum atomic E-state index is -3.63. The molecule has 0 saturated carbocycles. The van der Waals surface area contributed by atoms with E-state index in [1.54, 1.807) is 24.5 Å². The van der Waals surface area contributed by atoms with E-state index in [0.717, 1.165) is 17.5 Å². The molecule has 1 fully saturated rings. The molecule has 34 heavy (non-hydrogen) atoms. The van der Waals surface area contributed by atoms with Crippen molar-refractivity contribution in [2.75, 3.05) is 18.4 Å². The third kappa shape index (κ3) is 6.36. The van der Waals surface area contributed by atoms with Gasteiger partial charge >= 0.3 is 0 Å². The number of pyridine rings is 1. The van der Waals surface area contributed by atoms with Crippen LogP contribution in [0.2, 0.25) is 10.0 Å². The number of sulfonamides is 1. The number of hydrogen-bond donors (Lipinski definition) is 1. The molecule has 3 aromatic rings. The van der Waals surface area contributed by atoms with Crippen molar-refractivity contribution < 1.29 is 13.2 Å². The SMILES string of the molecule is O=C(Nc1ccc(Cc2ccncc2)cc1)[C@H]1CCCN(S(=O)(=O)Cc2ccc(Cl)cc2Cl)C1. The molecule has 0 unspecified atom stereocenters. The van der Waals surface area contributed by atoms with Gasteiger partial charge in [0.15, 0.2) is 0 Å². The molecule has 1 aliphatic rings. The van der Waals surface area contributed by atoms with Crippen LogP contribution in [0.25, 0.3) is 0 Å². The normalized spacial score (nSPS) is 16.8. The van der Waals surface area contributed by atoms with Gasteiger partial charge in [-0.05, 0) is 72.4 Å². The molecule has 0 bridgehead atoms. The Hall–Kier alpha value is -2.45. The van der Waals surface area contributed by atoms with Crippen LogP contribution in [0.15, 0.2) is 67.0 Å². The van der Waals surface area contributed by atoms with E-state index in [1.165, 1.54) is 10.4 Å². The van der Waals surface area contributed by atoms with Crippen molar-refractivity contribution in [3.8, 4) is 0 Å². The highest BCUT2D eigenvalue weighted by Crippen LogP contribution is 2.27. The van der Waals surface area contributed by atoms with Gasteiger partial charge < -0.3 is 5.32 Å². The first kappa shape index (κ1) is 24.7. The average Bonchev–Trinajstić information content (AvgIpc) is 2.83. The minimum absolute atomic E-state index is 0.152. The number of nitrogens with zero attached hydrogens (tertiary/aromatic N) is 2. The Labute approximate surface area is 210 Å². The summed E-state index contributed by atoms with van der Waals surface area (Å²) in [5.41, 5.74) is 3.47. The fraction of sp³-hybridized carbons (Fsp3) is 0.280. The number of carbonyl (C=O) groups excluding carboxylic acids is 1. The molecule has 0 spiro atoms. The van der Waals surface area contributed by atoms with E-state index in [1.807, 2.05) is 36.4 Å². The number of anilines is 1. The molecule has 0 aliphatic carbocycles.